The van der Waals surface area contributed by atoms with Gasteiger partial charge in [-0.2, -0.15) is 0 Å². The lowest BCUT2D eigenvalue weighted by Crippen LogP contribution is -2.48. The average Bonchev–Trinajstić information content (AvgIpc) is 2.52. The Hall–Kier alpha value is -2.61. The summed E-state index contributed by atoms with van der Waals surface area (Å²) in [5.74, 6) is -0.0642. The second-order valence-electron chi connectivity index (χ2n) is 7.50. The number of nitrogens with zero attached hydrogens (tertiary/aromatic N) is 2. The van der Waals surface area contributed by atoms with Crippen LogP contribution in [0.2, 0.25) is 0 Å². The van der Waals surface area contributed by atoms with Gasteiger partial charge in [-0.3, -0.25) is 19.3 Å². The summed E-state index contributed by atoms with van der Waals surface area (Å²) in [7, 11) is 4.79. The SMILES string of the molecule is COc1cccc(NC(=O)CN(C)CC(=O)N(C)CC(=O)NC(C)(C)C)c1. The molecule has 27 heavy (non-hydrogen) atoms. The second kappa shape index (κ2) is 9.91. The molecule has 1 aromatic rings. The van der Waals surface area contributed by atoms with Crippen molar-refractivity contribution in [1.82, 2.24) is 15.1 Å². The minimum absolute atomic E-state index is 0.0278. The van der Waals surface area contributed by atoms with Crippen LogP contribution in [0.5, 0.6) is 5.75 Å². The zero-order valence-corrected chi connectivity index (χ0v) is 17.0. The summed E-state index contributed by atoms with van der Waals surface area (Å²) in [4.78, 5) is 39.2. The minimum atomic E-state index is -0.351. The van der Waals surface area contributed by atoms with Crippen molar-refractivity contribution in [3.8, 4) is 5.75 Å². The molecule has 0 aliphatic heterocycles. The van der Waals surface area contributed by atoms with Crippen LogP contribution in [0.3, 0.4) is 0 Å². The Morgan fingerprint density at radius 2 is 1.70 bits per heavy atom. The fourth-order valence-corrected chi connectivity index (χ4v) is 2.32. The molecule has 150 valence electrons. The van der Waals surface area contributed by atoms with Crippen molar-refractivity contribution < 1.29 is 19.1 Å². The maximum Gasteiger partial charge on any atom is 0.240 e. The number of benzene rings is 1. The molecule has 0 spiro atoms. The average molecular weight is 378 g/mol. The molecule has 0 aliphatic carbocycles. The van der Waals surface area contributed by atoms with Crippen LogP contribution in [-0.4, -0.2) is 73.9 Å². The van der Waals surface area contributed by atoms with E-state index in [1.807, 2.05) is 20.8 Å². The summed E-state index contributed by atoms with van der Waals surface area (Å²) in [6, 6.07) is 7.03. The van der Waals surface area contributed by atoms with Gasteiger partial charge in [0.1, 0.15) is 5.75 Å². The zero-order chi connectivity index (χ0) is 20.6. The van der Waals surface area contributed by atoms with Gasteiger partial charge in [-0.15, -0.1) is 0 Å². The molecule has 0 unspecified atom stereocenters. The van der Waals surface area contributed by atoms with Crippen LogP contribution in [0.4, 0.5) is 5.69 Å². The Bertz CT molecular complexity index is 670. The van der Waals surface area contributed by atoms with Gasteiger partial charge in [0, 0.05) is 24.3 Å². The van der Waals surface area contributed by atoms with Gasteiger partial charge in [0.15, 0.2) is 0 Å². The highest BCUT2D eigenvalue weighted by Crippen LogP contribution is 2.16. The van der Waals surface area contributed by atoms with Gasteiger partial charge < -0.3 is 20.3 Å². The molecule has 0 bridgehead atoms. The molecule has 8 nitrogen and oxygen atoms in total. The first kappa shape index (κ1) is 22.4. The number of carbonyl (C=O) groups excluding carboxylic acids is 3. The Morgan fingerprint density at radius 1 is 1.04 bits per heavy atom. The summed E-state index contributed by atoms with van der Waals surface area (Å²) >= 11 is 0. The standard InChI is InChI=1S/C19H30N4O4/c1-19(2,3)21-17(25)12-23(5)18(26)13-22(4)11-16(24)20-14-8-7-9-15(10-14)27-6/h7-10H,11-13H2,1-6H3,(H,20,24)(H,21,25). The Morgan fingerprint density at radius 3 is 2.30 bits per heavy atom. The molecule has 0 heterocycles. The molecule has 0 saturated heterocycles. The van der Waals surface area contributed by atoms with E-state index in [1.54, 1.807) is 50.4 Å². The lowest BCUT2D eigenvalue weighted by molar-refractivity contribution is -0.136. The van der Waals surface area contributed by atoms with E-state index in [-0.39, 0.29) is 42.9 Å². The van der Waals surface area contributed by atoms with Crippen molar-refractivity contribution in [1.29, 1.82) is 0 Å². The van der Waals surface area contributed by atoms with Crippen molar-refractivity contribution in [2.75, 3.05) is 46.2 Å². The van der Waals surface area contributed by atoms with Gasteiger partial charge in [0.2, 0.25) is 17.7 Å². The summed E-state index contributed by atoms with van der Waals surface area (Å²) in [5.41, 5.74) is 0.269. The smallest absolute Gasteiger partial charge is 0.240 e. The number of carbonyl (C=O) groups is 3. The van der Waals surface area contributed by atoms with Gasteiger partial charge >= 0.3 is 0 Å². The van der Waals surface area contributed by atoms with Crippen LogP contribution >= 0.6 is 0 Å². The third-order valence-corrected chi connectivity index (χ3v) is 3.49. The van der Waals surface area contributed by atoms with Gasteiger partial charge in [-0.25, -0.2) is 0 Å². The largest absolute Gasteiger partial charge is 0.497 e. The van der Waals surface area contributed by atoms with E-state index in [0.717, 1.165) is 0 Å². The molecule has 2 N–H and O–H groups in total. The van der Waals surface area contributed by atoms with Crippen molar-refractivity contribution in [3.05, 3.63) is 24.3 Å². The molecular formula is C19H30N4O4. The van der Waals surface area contributed by atoms with Crippen molar-refractivity contribution >= 4 is 23.4 Å². The second-order valence-corrected chi connectivity index (χ2v) is 7.50. The monoisotopic (exact) mass is 378 g/mol. The Kier molecular flexibility index (Phi) is 8.24. The van der Waals surface area contributed by atoms with Gasteiger partial charge in [-0.1, -0.05) is 6.07 Å². The topological polar surface area (TPSA) is 91.0 Å². The van der Waals surface area contributed by atoms with Crippen molar-refractivity contribution in [2.45, 2.75) is 26.3 Å². The van der Waals surface area contributed by atoms with E-state index in [2.05, 4.69) is 10.6 Å². The molecule has 8 heteroatoms. The molecule has 0 atom stereocenters. The molecule has 0 aliphatic rings. The number of hydrogen-bond donors (Lipinski definition) is 2. The van der Waals surface area contributed by atoms with Crippen molar-refractivity contribution in [3.63, 3.8) is 0 Å². The first-order valence-corrected chi connectivity index (χ1v) is 8.67. The molecule has 3 amide bonds. The first-order chi connectivity index (χ1) is 12.5. The molecule has 1 aromatic carbocycles. The Balaban J connectivity index is 2.45. The number of anilines is 1. The molecule has 0 radical (unpaired) electrons. The fraction of sp³-hybridized carbons (Fsp3) is 0.526. The van der Waals surface area contributed by atoms with E-state index in [4.69, 9.17) is 4.74 Å². The minimum Gasteiger partial charge on any atom is -0.497 e. The number of nitrogens with one attached hydrogen (secondary N) is 2. The maximum atomic E-state index is 12.2. The summed E-state index contributed by atoms with van der Waals surface area (Å²) in [5, 5.41) is 5.56. The highest BCUT2D eigenvalue weighted by atomic mass is 16.5. The molecule has 0 saturated carbocycles. The van der Waals surface area contributed by atoms with Gasteiger partial charge in [0.25, 0.3) is 0 Å². The van der Waals surface area contributed by atoms with Crippen LogP contribution in [0, 0.1) is 0 Å². The highest BCUT2D eigenvalue weighted by Gasteiger charge is 2.19. The van der Waals surface area contributed by atoms with Crippen molar-refractivity contribution in [2.24, 2.45) is 0 Å². The number of ether oxygens (including phenoxy) is 1. The number of hydrogen-bond acceptors (Lipinski definition) is 5. The molecule has 0 fully saturated rings. The van der Waals surface area contributed by atoms with Crippen LogP contribution in [0.15, 0.2) is 24.3 Å². The van der Waals surface area contributed by atoms with Gasteiger partial charge in [0.05, 0.1) is 26.7 Å². The van der Waals surface area contributed by atoms with Gasteiger partial charge in [-0.05, 0) is 40.0 Å². The highest BCUT2D eigenvalue weighted by molar-refractivity contribution is 5.93. The number of likely N-dealkylation sites (N-methyl/N-ethyl adjacent to an activating group) is 2. The van der Waals surface area contributed by atoms with E-state index in [1.165, 1.54) is 4.90 Å². The predicted molar refractivity (Wildman–Crippen MR) is 105 cm³/mol. The number of amides is 3. The van der Waals surface area contributed by atoms with E-state index >= 15 is 0 Å². The predicted octanol–water partition coefficient (Wildman–Crippen LogP) is 0.939. The van der Waals surface area contributed by atoms with E-state index in [9.17, 15) is 14.4 Å². The Labute approximate surface area is 160 Å². The quantitative estimate of drug-likeness (QED) is 0.703. The lowest BCUT2D eigenvalue weighted by atomic mass is 10.1. The summed E-state index contributed by atoms with van der Waals surface area (Å²) < 4.78 is 5.11. The maximum absolute atomic E-state index is 12.2. The van der Waals surface area contributed by atoms with Crippen LogP contribution in [-0.2, 0) is 14.4 Å². The van der Waals surface area contributed by atoms with E-state index < -0.39 is 0 Å². The molecular weight excluding hydrogens is 348 g/mol. The van der Waals surface area contributed by atoms with Crippen LogP contribution < -0.4 is 15.4 Å². The van der Waals surface area contributed by atoms with Crippen LogP contribution in [0.25, 0.3) is 0 Å². The fourth-order valence-electron chi connectivity index (χ4n) is 2.32. The lowest BCUT2D eigenvalue weighted by Gasteiger charge is -2.24. The molecule has 0 aromatic heterocycles. The summed E-state index contributed by atoms with van der Waals surface area (Å²) in [6.07, 6.45) is 0. The van der Waals surface area contributed by atoms with Crippen LogP contribution in [0.1, 0.15) is 20.8 Å². The first-order valence-electron chi connectivity index (χ1n) is 8.67. The number of rotatable bonds is 8. The number of methoxy groups -OCH3 is 1. The molecule has 1 rings (SSSR count). The summed E-state index contributed by atoms with van der Waals surface area (Å²) in [6.45, 7) is 5.68. The normalized spacial score (nSPS) is 11.1. The van der Waals surface area contributed by atoms with E-state index in [0.29, 0.717) is 11.4 Å². The third-order valence-electron chi connectivity index (χ3n) is 3.49. The zero-order valence-electron chi connectivity index (χ0n) is 17.0. The third kappa shape index (κ3) is 9.05.